The zero-order valence-corrected chi connectivity index (χ0v) is 12.6. The molecule has 1 aliphatic carbocycles. The van der Waals surface area contributed by atoms with E-state index in [1.807, 2.05) is 19.1 Å². The van der Waals surface area contributed by atoms with Crippen LogP contribution in [0.5, 0.6) is 0 Å². The van der Waals surface area contributed by atoms with Gasteiger partial charge < -0.3 is 11.1 Å². The van der Waals surface area contributed by atoms with Crippen LogP contribution in [0.25, 0.3) is 0 Å². The Morgan fingerprint density at radius 2 is 2.00 bits per heavy atom. The van der Waals surface area contributed by atoms with Gasteiger partial charge in [-0.05, 0) is 37.5 Å². The fourth-order valence-electron chi connectivity index (χ4n) is 2.76. The molecule has 0 radical (unpaired) electrons. The van der Waals surface area contributed by atoms with Crippen molar-refractivity contribution in [2.45, 2.75) is 45.4 Å². The van der Waals surface area contributed by atoms with E-state index in [0.717, 1.165) is 44.1 Å². The molecule has 1 fully saturated rings. The molecule has 0 unspecified atom stereocenters. The maximum Gasteiger partial charge on any atom is 0.238 e. The zero-order chi connectivity index (χ0) is 14.6. The quantitative estimate of drug-likeness (QED) is 0.663. The first-order valence-corrected chi connectivity index (χ1v) is 7.49. The Morgan fingerprint density at radius 3 is 2.55 bits per heavy atom. The molecule has 0 bridgehead atoms. The molecular weight excluding hydrogens is 270 g/mol. The molecule has 1 amide bonds. The average Bonchev–Trinajstić information content (AvgIpc) is 2.65. The molecule has 3 N–H and O–H groups in total. The van der Waals surface area contributed by atoms with E-state index in [2.05, 4.69) is 10.3 Å². The van der Waals surface area contributed by atoms with E-state index in [-0.39, 0.29) is 5.91 Å². The fraction of sp³-hybridized carbons (Fsp3) is 0.533. The van der Waals surface area contributed by atoms with Crippen molar-refractivity contribution in [2.24, 2.45) is 11.1 Å². The van der Waals surface area contributed by atoms with Gasteiger partial charge in [-0.15, -0.1) is 0 Å². The first-order chi connectivity index (χ1) is 9.54. The number of anilines is 1. The third-order valence-electron chi connectivity index (χ3n) is 4.02. The van der Waals surface area contributed by atoms with Crippen molar-refractivity contribution in [3.05, 3.63) is 23.9 Å². The van der Waals surface area contributed by atoms with Crippen LogP contribution in [-0.4, -0.2) is 15.9 Å². The molecule has 108 valence electrons. The number of carbonyl (C=O) groups excluding carboxylic acids is 1. The molecule has 1 aromatic heterocycles. The summed E-state index contributed by atoms with van der Waals surface area (Å²) >= 11 is 5.20. The second kappa shape index (κ2) is 6.31. The smallest absolute Gasteiger partial charge is 0.238 e. The van der Waals surface area contributed by atoms with Gasteiger partial charge in [0.2, 0.25) is 5.91 Å². The number of nitrogens with one attached hydrogen (secondary N) is 1. The van der Waals surface area contributed by atoms with Crippen LogP contribution >= 0.6 is 12.2 Å². The molecule has 0 spiro atoms. The number of amides is 1. The predicted octanol–water partition coefficient (Wildman–Crippen LogP) is 2.96. The highest BCUT2D eigenvalue weighted by atomic mass is 32.1. The Bertz CT molecular complexity index is 508. The SMILES string of the molecule is Cc1ccnc(NC(=O)C2(C(N)=S)CCCCCC2)c1. The summed E-state index contributed by atoms with van der Waals surface area (Å²) < 4.78 is 0. The number of hydrogen-bond donors (Lipinski definition) is 2. The highest BCUT2D eigenvalue weighted by molar-refractivity contribution is 7.80. The van der Waals surface area contributed by atoms with Gasteiger partial charge in [-0.1, -0.05) is 37.9 Å². The van der Waals surface area contributed by atoms with Gasteiger partial charge in [0.05, 0.1) is 10.4 Å². The van der Waals surface area contributed by atoms with E-state index in [4.69, 9.17) is 18.0 Å². The number of pyridine rings is 1. The zero-order valence-electron chi connectivity index (χ0n) is 11.8. The molecule has 0 aliphatic heterocycles. The Labute approximate surface area is 125 Å². The molecule has 2 rings (SSSR count). The number of rotatable bonds is 3. The summed E-state index contributed by atoms with van der Waals surface area (Å²) in [7, 11) is 0. The molecule has 1 saturated carbocycles. The molecule has 4 nitrogen and oxygen atoms in total. The van der Waals surface area contributed by atoms with Gasteiger partial charge >= 0.3 is 0 Å². The van der Waals surface area contributed by atoms with Crippen LogP contribution in [0.3, 0.4) is 0 Å². The molecule has 5 heteroatoms. The summed E-state index contributed by atoms with van der Waals surface area (Å²) in [5.41, 5.74) is 6.25. The van der Waals surface area contributed by atoms with E-state index in [9.17, 15) is 4.79 Å². The van der Waals surface area contributed by atoms with Crippen LogP contribution < -0.4 is 11.1 Å². The molecule has 1 aromatic rings. The van der Waals surface area contributed by atoms with Gasteiger partial charge in [0.15, 0.2) is 0 Å². The van der Waals surface area contributed by atoms with Gasteiger partial charge in [0.25, 0.3) is 0 Å². The molecule has 20 heavy (non-hydrogen) atoms. The summed E-state index contributed by atoms with van der Waals surface area (Å²) in [4.78, 5) is 17.2. The lowest BCUT2D eigenvalue weighted by Crippen LogP contribution is -2.45. The standard InChI is InChI=1S/C15H21N3OS/c1-11-6-9-17-12(10-11)18-14(19)15(13(16)20)7-4-2-3-5-8-15/h6,9-10H,2-5,7-8H2,1H3,(H2,16,20)(H,17,18,19). The van der Waals surface area contributed by atoms with Crippen molar-refractivity contribution in [2.75, 3.05) is 5.32 Å². The Balaban J connectivity index is 2.21. The van der Waals surface area contributed by atoms with E-state index < -0.39 is 5.41 Å². The van der Waals surface area contributed by atoms with Crippen LogP contribution in [-0.2, 0) is 4.79 Å². The van der Waals surface area contributed by atoms with Crippen molar-refractivity contribution < 1.29 is 4.79 Å². The Kier molecular flexibility index (Phi) is 4.70. The van der Waals surface area contributed by atoms with E-state index in [1.165, 1.54) is 0 Å². The topological polar surface area (TPSA) is 68.0 Å². The summed E-state index contributed by atoms with van der Waals surface area (Å²) in [5.74, 6) is 0.458. The third kappa shape index (κ3) is 3.15. The van der Waals surface area contributed by atoms with Gasteiger partial charge in [-0.2, -0.15) is 0 Å². The molecule has 0 atom stereocenters. The minimum Gasteiger partial charge on any atom is -0.392 e. The van der Waals surface area contributed by atoms with Crippen molar-refractivity contribution in [3.8, 4) is 0 Å². The lowest BCUT2D eigenvalue weighted by Gasteiger charge is -2.30. The number of hydrogen-bond acceptors (Lipinski definition) is 3. The maximum atomic E-state index is 12.7. The van der Waals surface area contributed by atoms with Crippen molar-refractivity contribution in [3.63, 3.8) is 0 Å². The molecule has 0 saturated heterocycles. The number of carbonyl (C=O) groups is 1. The summed E-state index contributed by atoms with van der Waals surface area (Å²) in [5, 5.41) is 2.88. The maximum absolute atomic E-state index is 12.7. The minimum atomic E-state index is -0.711. The molecule has 1 heterocycles. The number of nitrogens with two attached hydrogens (primary N) is 1. The summed E-state index contributed by atoms with van der Waals surface area (Å²) in [6.45, 7) is 1.96. The molecule has 1 aliphatic rings. The largest absolute Gasteiger partial charge is 0.392 e. The Morgan fingerprint density at radius 1 is 1.35 bits per heavy atom. The van der Waals surface area contributed by atoms with E-state index >= 15 is 0 Å². The van der Waals surface area contributed by atoms with Crippen LogP contribution in [0.2, 0.25) is 0 Å². The predicted molar refractivity (Wildman–Crippen MR) is 84.5 cm³/mol. The third-order valence-corrected chi connectivity index (χ3v) is 4.41. The highest BCUT2D eigenvalue weighted by Crippen LogP contribution is 2.36. The van der Waals surface area contributed by atoms with Crippen LogP contribution in [0.1, 0.15) is 44.1 Å². The minimum absolute atomic E-state index is 0.106. The lowest BCUT2D eigenvalue weighted by molar-refractivity contribution is -0.122. The number of nitrogens with zero attached hydrogens (tertiary/aromatic N) is 1. The van der Waals surface area contributed by atoms with Crippen LogP contribution in [0, 0.1) is 12.3 Å². The Hall–Kier alpha value is -1.49. The second-order valence-electron chi connectivity index (χ2n) is 5.53. The summed E-state index contributed by atoms with van der Waals surface area (Å²) in [6.07, 6.45) is 7.42. The van der Waals surface area contributed by atoms with Gasteiger partial charge in [-0.25, -0.2) is 4.98 Å². The first kappa shape index (κ1) is 14.9. The average molecular weight is 291 g/mol. The second-order valence-corrected chi connectivity index (χ2v) is 5.97. The monoisotopic (exact) mass is 291 g/mol. The van der Waals surface area contributed by atoms with Crippen molar-refractivity contribution in [1.29, 1.82) is 0 Å². The molecular formula is C15H21N3OS. The van der Waals surface area contributed by atoms with Gasteiger partial charge in [-0.3, -0.25) is 4.79 Å². The first-order valence-electron chi connectivity index (χ1n) is 7.09. The summed E-state index contributed by atoms with van der Waals surface area (Å²) in [6, 6.07) is 3.74. The van der Waals surface area contributed by atoms with Gasteiger partial charge in [0.1, 0.15) is 5.82 Å². The number of thiocarbonyl (C=S) groups is 1. The number of aryl methyl sites for hydroxylation is 1. The number of aromatic nitrogens is 1. The lowest BCUT2D eigenvalue weighted by atomic mass is 9.79. The van der Waals surface area contributed by atoms with E-state index in [1.54, 1.807) is 6.20 Å². The van der Waals surface area contributed by atoms with Crippen LogP contribution in [0.4, 0.5) is 5.82 Å². The van der Waals surface area contributed by atoms with E-state index in [0.29, 0.717) is 10.8 Å². The van der Waals surface area contributed by atoms with Crippen molar-refractivity contribution in [1.82, 2.24) is 4.98 Å². The molecule has 0 aromatic carbocycles. The fourth-order valence-corrected chi connectivity index (χ4v) is 3.05. The highest BCUT2D eigenvalue weighted by Gasteiger charge is 2.41. The van der Waals surface area contributed by atoms with Crippen molar-refractivity contribution >= 4 is 28.9 Å². The van der Waals surface area contributed by atoms with Crippen LogP contribution in [0.15, 0.2) is 18.3 Å². The van der Waals surface area contributed by atoms with Gasteiger partial charge in [0, 0.05) is 6.20 Å². The normalized spacial score (nSPS) is 18.1.